The summed E-state index contributed by atoms with van der Waals surface area (Å²) in [5.74, 6) is 0. The topological polar surface area (TPSA) is 15.3 Å². The summed E-state index contributed by atoms with van der Waals surface area (Å²) in [5, 5.41) is 0. The number of benzene rings is 1. The van der Waals surface area contributed by atoms with Crippen molar-refractivity contribution in [2.75, 3.05) is 13.1 Å². The van der Waals surface area contributed by atoms with Gasteiger partial charge in [0.15, 0.2) is 0 Å². The number of nitrogens with zero attached hydrogens (tertiary/aromatic N) is 1. The first-order valence-corrected chi connectivity index (χ1v) is 21.0. The van der Waals surface area contributed by atoms with Gasteiger partial charge in [-0.05, 0) is 0 Å². The van der Waals surface area contributed by atoms with E-state index in [-0.39, 0.29) is 9.76 Å². The molecule has 1 N–H and O–H groups in total. The van der Waals surface area contributed by atoms with Crippen LogP contribution < -0.4 is 3.80 Å². The Morgan fingerprint density at radius 3 is 2.28 bits per heavy atom. The number of hydrogen-bond donors (Lipinski definition) is 1. The van der Waals surface area contributed by atoms with Crippen molar-refractivity contribution in [2.45, 2.75) is 56.5 Å². The quantitative estimate of drug-likeness (QED) is 0.633. The Labute approximate surface area is 162 Å². The van der Waals surface area contributed by atoms with Gasteiger partial charge in [-0.1, -0.05) is 0 Å². The summed E-state index contributed by atoms with van der Waals surface area (Å²) in [6.07, 6.45) is 4.97. The van der Waals surface area contributed by atoms with Crippen LogP contribution in [0.3, 0.4) is 0 Å². The van der Waals surface area contributed by atoms with Gasteiger partial charge in [0.2, 0.25) is 0 Å². The summed E-state index contributed by atoms with van der Waals surface area (Å²) in [5.41, 5.74) is 3.96. The first-order chi connectivity index (χ1) is 11.5. The molecular formula is C19H31Cl2N2SiTi. The van der Waals surface area contributed by atoms with E-state index in [0.717, 1.165) is 13.1 Å². The van der Waals surface area contributed by atoms with Gasteiger partial charge in [0.1, 0.15) is 0 Å². The molecule has 3 rings (SSSR count). The number of fused-ring (bicyclic) bond motifs is 1. The number of likely N-dealkylation sites (tertiary alicyclic amines) is 1. The molecule has 0 saturated carbocycles. The van der Waals surface area contributed by atoms with Crippen molar-refractivity contribution in [3.8, 4) is 0 Å². The number of hydrogen-bond acceptors (Lipinski definition) is 2. The van der Waals surface area contributed by atoms with E-state index < -0.39 is 19.4 Å². The average molecular weight is 434 g/mol. The monoisotopic (exact) mass is 433 g/mol. The first-order valence-electron chi connectivity index (χ1n) is 9.45. The molecule has 0 bridgehead atoms. The molecule has 1 aromatic carbocycles. The van der Waals surface area contributed by atoms with Gasteiger partial charge in [-0.15, -0.1) is 0 Å². The third-order valence-electron chi connectivity index (χ3n) is 5.59. The molecular weight excluding hydrogens is 403 g/mol. The molecule has 1 saturated heterocycles. The Bertz CT molecular complexity index is 691. The molecule has 1 heterocycles. The minimum atomic E-state index is -3.98. The molecule has 1 aromatic rings. The maximum atomic E-state index is 7.56. The summed E-state index contributed by atoms with van der Waals surface area (Å²) in [4.78, 5) is 2.53. The predicted molar refractivity (Wildman–Crippen MR) is 111 cm³/mol. The Hall–Kier alpha value is 0.231. The van der Waals surface area contributed by atoms with Crippen LogP contribution in [0, 0.1) is 0 Å². The molecule has 1 aliphatic heterocycles. The molecule has 0 spiro atoms. The number of halogens is 2. The van der Waals surface area contributed by atoms with E-state index in [1.54, 1.807) is 0 Å². The molecule has 0 aromatic heterocycles. The van der Waals surface area contributed by atoms with Crippen molar-refractivity contribution in [3.05, 3.63) is 41.5 Å². The Balaban J connectivity index is 2.13. The van der Waals surface area contributed by atoms with Crippen LogP contribution in [-0.4, -0.2) is 30.2 Å². The molecule has 1 atom stereocenters. The zero-order chi connectivity index (χ0) is 18.5. The second-order valence-electron chi connectivity index (χ2n) is 8.99. The van der Waals surface area contributed by atoms with Crippen molar-refractivity contribution in [1.82, 2.24) is 8.70 Å². The van der Waals surface area contributed by atoms with Gasteiger partial charge < -0.3 is 0 Å². The van der Waals surface area contributed by atoms with Crippen LogP contribution in [-0.2, 0) is 12.7 Å². The Kier molecular flexibility index (Phi) is 5.34. The Morgan fingerprint density at radius 2 is 1.72 bits per heavy atom. The van der Waals surface area contributed by atoms with E-state index in [4.69, 9.17) is 18.6 Å². The van der Waals surface area contributed by atoms with Crippen LogP contribution in [0.25, 0.3) is 5.70 Å². The second-order valence-corrected chi connectivity index (χ2v) is 37.1. The summed E-state index contributed by atoms with van der Waals surface area (Å²) < 4.78 is 3.97. The van der Waals surface area contributed by atoms with Gasteiger partial charge in [0.05, 0.1) is 0 Å². The second kappa shape index (κ2) is 6.68. The van der Waals surface area contributed by atoms with Crippen LogP contribution in [0.1, 0.15) is 49.0 Å². The van der Waals surface area contributed by atoms with Gasteiger partial charge >= 0.3 is 163 Å². The van der Waals surface area contributed by atoms with Gasteiger partial charge in [-0.3, -0.25) is 0 Å². The van der Waals surface area contributed by atoms with E-state index in [0.29, 0.717) is 0 Å². The van der Waals surface area contributed by atoms with Crippen LogP contribution in [0.5, 0.6) is 0 Å². The molecule has 2 nitrogen and oxygen atoms in total. The molecule has 2 aliphatic rings. The van der Waals surface area contributed by atoms with Gasteiger partial charge in [-0.2, -0.15) is 0 Å². The molecule has 1 fully saturated rings. The summed E-state index contributed by atoms with van der Waals surface area (Å²) in [6, 6.07) is 8.76. The molecule has 1 aliphatic carbocycles. The van der Waals surface area contributed by atoms with Crippen LogP contribution in [0.4, 0.5) is 0 Å². The molecule has 6 heteroatoms. The zero-order valence-electron chi connectivity index (χ0n) is 16.1. The molecule has 1 unspecified atom stereocenters. The van der Waals surface area contributed by atoms with E-state index in [1.165, 1.54) is 29.7 Å². The van der Waals surface area contributed by atoms with Gasteiger partial charge in [0, 0.05) is 0 Å². The third-order valence-corrected chi connectivity index (χ3v) is 37.7. The van der Waals surface area contributed by atoms with Crippen LogP contribution >= 0.6 is 18.6 Å². The van der Waals surface area contributed by atoms with Crippen molar-refractivity contribution >= 4 is 31.0 Å². The SMILES string of the molecule is C[SiH](C)[Ti]([Cl])([Cl])([NH]C(C)(C)C)[CH]1C=C(N2CCCC2)c2ccccc21. The van der Waals surface area contributed by atoms with Gasteiger partial charge in [-0.25, -0.2) is 0 Å². The fraction of sp³-hybridized carbons (Fsp3) is 0.579. The van der Waals surface area contributed by atoms with E-state index in [1.807, 2.05) is 0 Å². The number of rotatable bonds is 4. The summed E-state index contributed by atoms with van der Waals surface area (Å²) in [7, 11) is 15.1. The fourth-order valence-corrected chi connectivity index (χ4v) is 21.3. The molecule has 0 radical (unpaired) electrons. The maximum absolute atomic E-state index is 7.56. The van der Waals surface area contributed by atoms with Gasteiger partial charge in [0.25, 0.3) is 0 Å². The van der Waals surface area contributed by atoms with Crippen molar-refractivity contribution in [1.29, 1.82) is 0 Å². The van der Waals surface area contributed by atoms with E-state index in [9.17, 15) is 0 Å². The fourth-order valence-electron chi connectivity index (χ4n) is 4.31. The van der Waals surface area contributed by atoms with Crippen molar-refractivity contribution in [2.24, 2.45) is 0 Å². The van der Waals surface area contributed by atoms with Crippen LogP contribution in [0.15, 0.2) is 30.3 Å². The summed E-state index contributed by atoms with van der Waals surface area (Å²) in [6.45, 7) is 12.1. The number of allylic oxidation sites excluding steroid dienone is 1. The molecule has 139 valence electrons. The summed E-state index contributed by atoms with van der Waals surface area (Å²) >= 11 is -3.98. The predicted octanol–water partition coefficient (Wildman–Crippen LogP) is 5.46. The van der Waals surface area contributed by atoms with Crippen LogP contribution in [0.2, 0.25) is 13.1 Å². The normalized spacial score (nSPS) is 22.7. The molecule has 0 amide bonds. The van der Waals surface area contributed by atoms with E-state index >= 15 is 0 Å². The Morgan fingerprint density at radius 1 is 1.12 bits per heavy atom. The third kappa shape index (κ3) is 3.66. The van der Waals surface area contributed by atoms with Crippen molar-refractivity contribution < 1.29 is 12.7 Å². The standard InChI is InChI=1S/C13H14N.C4H10N.C2H7Si.2ClH.Ti/c1-2-6-12-11(5-1)7-8-13(12)14-9-3-4-10-14;1-4(2,3)5;1-3-2;;;/h1-2,5-8H,3-4,9-10H2;5H,1-3H3;3H,1-2H3;2*1H;/q;-1;;;;+3/p-2. The molecule has 25 heavy (non-hydrogen) atoms. The van der Waals surface area contributed by atoms with E-state index in [2.05, 4.69) is 72.9 Å². The number of nitrogens with one attached hydrogen (secondary N) is 1. The zero-order valence-corrected chi connectivity index (χ0v) is 20.3. The average Bonchev–Trinajstić information content (AvgIpc) is 3.12. The minimum absolute atomic E-state index is 0.0862. The van der Waals surface area contributed by atoms with Crippen molar-refractivity contribution in [3.63, 3.8) is 0 Å². The first kappa shape index (κ1) is 20.0.